The molecule has 1 aromatic rings. The summed E-state index contributed by atoms with van der Waals surface area (Å²) >= 11 is 0. The highest BCUT2D eigenvalue weighted by Crippen LogP contribution is 2.27. The maximum absolute atomic E-state index is 13.2. The van der Waals surface area contributed by atoms with Gasteiger partial charge in [-0.05, 0) is 38.0 Å². The third-order valence-corrected chi connectivity index (χ3v) is 3.35. The molecule has 0 saturated heterocycles. The van der Waals surface area contributed by atoms with Crippen molar-refractivity contribution in [3.8, 4) is 0 Å². The van der Waals surface area contributed by atoms with Crippen molar-refractivity contribution < 1.29 is 19.0 Å². The summed E-state index contributed by atoms with van der Waals surface area (Å²) in [6, 6.07) is 6.07. The third-order valence-electron chi connectivity index (χ3n) is 3.35. The predicted molar refractivity (Wildman–Crippen MR) is 75.8 cm³/mol. The molecule has 0 saturated carbocycles. The molecule has 0 aromatic heterocycles. The molecule has 1 aromatic carbocycles. The lowest BCUT2D eigenvalue weighted by Crippen LogP contribution is -2.42. The number of aliphatic hydroxyl groups is 1. The number of ether oxygens (including phenoxy) is 1. The Morgan fingerprint density at radius 1 is 1.45 bits per heavy atom. The van der Waals surface area contributed by atoms with Gasteiger partial charge in [-0.2, -0.15) is 0 Å². The Labute approximate surface area is 119 Å². The van der Waals surface area contributed by atoms with Gasteiger partial charge in [-0.15, -0.1) is 0 Å². The molecule has 4 heteroatoms. The first-order valence-electron chi connectivity index (χ1n) is 7.04. The molecule has 20 heavy (non-hydrogen) atoms. The Kier molecular flexibility index (Phi) is 6.14. The monoisotopic (exact) mass is 282 g/mol. The fraction of sp³-hybridized carbons (Fsp3) is 0.562. The van der Waals surface area contributed by atoms with E-state index in [4.69, 9.17) is 4.74 Å². The van der Waals surface area contributed by atoms with E-state index in [1.165, 1.54) is 12.1 Å². The average molecular weight is 282 g/mol. The normalized spacial score (nSPS) is 15.4. The largest absolute Gasteiger partial charge is 0.466 e. The van der Waals surface area contributed by atoms with E-state index < -0.39 is 17.5 Å². The maximum Gasteiger partial charge on any atom is 0.311 e. The highest BCUT2D eigenvalue weighted by molar-refractivity contribution is 5.73. The minimum Gasteiger partial charge on any atom is -0.466 e. The van der Waals surface area contributed by atoms with Crippen molar-refractivity contribution >= 4 is 5.97 Å². The topological polar surface area (TPSA) is 46.5 Å². The molecule has 2 atom stereocenters. The van der Waals surface area contributed by atoms with Crippen LogP contribution >= 0.6 is 0 Å². The fourth-order valence-corrected chi connectivity index (χ4v) is 2.40. The van der Waals surface area contributed by atoms with Crippen molar-refractivity contribution in [1.29, 1.82) is 0 Å². The second-order valence-electron chi connectivity index (χ2n) is 5.26. The number of carbonyl (C=O) groups excluding carboxylic acids is 1. The Hall–Kier alpha value is -1.42. The first-order chi connectivity index (χ1) is 9.40. The average Bonchev–Trinajstić information content (AvgIpc) is 2.35. The van der Waals surface area contributed by atoms with Crippen LogP contribution in [0.2, 0.25) is 0 Å². The molecule has 1 rings (SSSR count). The zero-order valence-corrected chi connectivity index (χ0v) is 12.4. The molecule has 2 unspecified atom stereocenters. The molecular weight excluding hydrogens is 259 g/mol. The van der Waals surface area contributed by atoms with Crippen LogP contribution in [0.1, 0.15) is 39.2 Å². The fourth-order valence-electron chi connectivity index (χ4n) is 2.40. The molecule has 0 fully saturated rings. The van der Waals surface area contributed by atoms with Crippen LogP contribution in [0, 0.1) is 11.7 Å². The summed E-state index contributed by atoms with van der Waals surface area (Å²) in [5, 5.41) is 10.6. The van der Waals surface area contributed by atoms with Gasteiger partial charge in [-0.3, -0.25) is 4.79 Å². The molecule has 0 radical (unpaired) electrons. The molecule has 0 heterocycles. The van der Waals surface area contributed by atoms with Gasteiger partial charge in [0.05, 0.1) is 18.1 Å². The van der Waals surface area contributed by atoms with Crippen molar-refractivity contribution in [2.24, 2.45) is 5.92 Å². The van der Waals surface area contributed by atoms with Gasteiger partial charge in [0, 0.05) is 6.42 Å². The van der Waals surface area contributed by atoms with Gasteiger partial charge in [-0.1, -0.05) is 25.5 Å². The second kappa shape index (κ2) is 7.39. The summed E-state index contributed by atoms with van der Waals surface area (Å²) in [4.78, 5) is 12.0. The highest BCUT2D eigenvalue weighted by atomic mass is 19.1. The lowest BCUT2D eigenvalue weighted by atomic mass is 9.81. The Balaban J connectivity index is 2.89. The minimum absolute atomic E-state index is 0.217. The summed E-state index contributed by atoms with van der Waals surface area (Å²) < 4.78 is 18.2. The number of esters is 1. The molecule has 112 valence electrons. The van der Waals surface area contributed by atoms with Crippen LogP contribution in [-0.4, -0.2) is 23.3 Å². The summed E-state index contributed by atoms with van der Waals surface area (Å²) in [5.41, 5.74) is -0.587. The van der Waals surface area contributed by atoms with Crippen molar-refractivity contribution in [3.05, 3.63) is 35.6 Å². The van der Waals surface area contributed by atoms with E-state index in [0.717, 1.165) is 6.42 Å². The highest BCUT2D eigenvalue weighted by Gasteiger charge is 2.37. The van der Waals surface area contributed by atoms with Crippen molar-refractivity contribution in [2.75, 3.05) is 6.61 Å². The van der Waals surface area contributed by atoms with E-state index >= 15 is 0 Å². The summed E-state index contributed by atoms with van der Waals surface area (Å²) in [7, 11) is 0. The minimum atomic E-state index is -1.25. The van der Waals surface area contributed by atoms with Gasteiger partial charge >= 0.3 is 5.97 Å². The van der Waals surface area contributed by atoms with Crippen LogP contribution < -0.4 is 0 Å². The molecule has 1 N–H and O–H groups in total. The lowest BCUT2D eigenvalue weighted by molar-refractivity contribution is -0.157. The lowest BCUT2D eigenvalue weighted by Gasteiger charge is -2.31. The molecule has 0 aliphatic carbocycles. The van der Waals surface area contributed by atoms with Crippen molar-refractivity contribution in [2.45, 2.75) is 45.6 Å². The number of benzene rings is 1. The third kappa shape index (κ3) is 4.60. The van der Waals surface area contributed by atoms with Crippen molar-refractivity contribution in [1.82, 2.24) is 0 Å². The van der Waals surface area contributed by atoms with Gasteiger partial charge < -0.3 is 9.84 Å². The Bertz CT molecular complexity index is 443. The van der Waals surface area contributed by atoms with E-state index in [1.54, 1.807) is 26.0 Å². The van der Waals surface area contributed by atoms with Gasteiger partial charge in [0.1, 0.15) is 5.82 Å². The first-order valence-corrected chi connectivity index (χ1v) is 7.04. The maximum atomic E-state index is 13.2. The Morgan fingerprint density at radius 3 is 2.70 bits per heavy atom. The van der Waals surface area contributed by atoms with E-state index in [1.807, 2.05) is 6.92 Å². The molecular formula is C16H23FO3. The molecule has 0 spiro atoms. The summed E-state index contributed by atoms with van der Waals surface area (Å²) in [6.07, 6.45) is 1.53. The number of rotatable bonds is 7. The number of halogens is 1. The number of hydrogen-bond acceptors (Lipinski definition) is 3. The van der Waals surface area contributed by atoms with Gasteiger partial charge in [-0.25, -0.2) is 4.39 Å². The predicted octanol–water partition coefficient (Wildman–Crippen LogP) is 3.10. The van der Waals surface area contributed by atoms with Gasteiger partial charge in [0.25, 0.3) is 0 Å². The SMILES string of the molecule is CCCC(C(=O)OCC)C(C)(O)Cc1cccc(F)c1. The van der Waals surface area contributed by atoms with E-state index in [0.29, 0.717) is 12.0 Å². The van der Waals surface area contributed by atoms with Crippen LogP contribution in [0.15, 0.2) is 24.3 Å². The van der Waals surface area contributed by atoms with E-state index in [9.17, 15) is 14.3 Å². The van der Waals surface area contributed by atoms with Crippen LogP contribution in [-0.2, 0) is 16.0 Å². The second-order valence-corrected chi connectivity index (χ2v) is 5.26. The van der Waals surface area contributed by atoms with E-state index in [2.05, 4.69) is 0 Å². The van der Waals surface area contributed by atoms with Crippen LogP contribution in [0.3, 0.4) is 0 Å². The van der Waals surface area contributed by atoms with Crippen LogP contribution in [0.25, 0.3) is 0 Å². The quantitative estimate of drug-likeness (QED) is 0.782. The molecule has 3 nitrogen and oxygen atoms in total. The van der Waals surface area contributed by atoms with Crippen molar-refractivity contribution in [3.63, 3.8) is 0 Å². The summed E-state index contributed by atoms with van der Waals surface area (Å²) in [6.45, 7) is 5.58. The number of carbonyl (C=O) groups is 1. The first kappa shape index (κ1) is 16.6. The zero-order chi connectivity index (χ0) is 15.2. The van der Waals surface area contributed by atoms with Crippen LogP contribution in [0.4, 0.5) is 4.39 Å². The molecule has 0 bridgehead atoms. The zero-order valence-electron chi connectivity index (χ0n) is 12.4. The molecule has 0 amide bonds. The Morgan fingerprint density at radius 2 is 2.15 bits per heavy atom. The standard InChI is InChI=1S/C16H23FO3/c1-4-7-14(15(18)20-5-2)16(3,19)11-12-8-6-9-13(17)10-12/h6,8-10,14,19H,4-5,7,11H2,1-3H3. The molecule has 0 aliphatic heterocycles. The number of hydrogen-bond donors (Lipinski definition) is 1. The van der Waals surface area contributed by atoms with Gasteiger partial charge in [0.15, 0.2) is 0 Å². The smallest absolute Gasteiger partial charge is 0.311 e. The molecule has 0 aliphatic rings. The van der Waals surface area contributed by atoms with Gasteiger partial charge in [0.2, 0.25) is 0 Å². The van der Waals surface area contributed by atoms with E-state index in [-0.39, 0.29) is 18.8 Å². The van der Waals surface area contributed by atoms with Crippen LogP contribution in [0.5, 0.6) is 0 Å². The summed E-state index contributed by atoms with van der Waals surface area (Å²) in [5.74, 6) is -1.34.